The van der Waals surface area contributed by atoms with E-state index in [9.17, 15) is 23.1 Å². The topological polar surface area (TPSA) is 97.8 Å². The number of rotatable bonds is 7. The van der Waals surface area contributed by atoms with Crippen LogP contribution in [-0.2, 0) is 19.6 Å². The summed E-state index contributed by atoms with van der Waals surface area (Å²) in [7, 11) is -2.13. The average molecular weight is 476 g/mol. The number of aliphatic carboxylic acids is 1. The van der Waals surface area contributed by atoms with Crippen molar-refractivity contribution in [3.05, 3.63) is 29.8 Å². The zero-order valence-electron chi connectivity index (χ0n) is 20.2. The van der Waals surface area contributed by atoms with Gasteiger partial charge in [-0.15, -0.1) is 0 Å². The molecule has 33 heavy (non-hydrogen) atoms. The molecule has 2 atom stereocenters. The summed E-state index contributed by atoms with van der Waals surface area (Å²) in [6, 6.07) is 6.75. The Morgan fingerprint density at radius 2 is 1.70 bits per heavy atom. The maximum atomic E-state index is 13.9. The van der Waals surface area contributed by atoms with Crippen LogP contribution in [0.2, 0.25) is 0 Å². The second kappa shape index (κ2) is 8.08. The van der Waals surface area contributed by atoms with Crippen molar-refractivity contribution in [3.63, 3.8) is 0 Å². The molecule has 4 fully saturated rings. The van der Waals surface area contributed by atoms with Gasteiger partial charge in [-0.2, -0.15) is 4.31 Å². The highest BCUT2D eigenvalue weighted by molar-refractivity contribution is 7.89. The number of hydrogen-bond donors (Lipinski definition) is 0. The van der Waals surface area contributed by atoms with E-state index in [4.69, 9.17) is 0 Å². The molecule has 8 heteroatoms. The van der Waals surface area contributed by atoms with Crippen LogP contribution >= 0.6 is 0 Å². The van der Waals surface area contributed by atoms with Crippen molar-refractivity contribution < 1.29 is 23.1 Å². The van der Waals surface area contributed by atoms with Crippen LogP contribution in [0.5, 0.6) is 0 Å². The van der Waals surface area contributed by atoms with Crippen molar-refractivity contribution in [2.45, 2.75) is 76.3 Å². The first-order valence-electron chi connectivity index (χ1n) is 11.9. The van der Waals surface area contributed by atoms with E-state index in [1.165, 1.54) is 4.31 Å². The Morgan fingerprint density at radius 1 is 1.12 bits per heavy atom. The molecule has 0 N–H and O–H groups in total. The number of aryl methyl sites for hydroxylation is 1. The van der Waals surface area contributed by atoms with Gasteiger partial charge < -0.3 is 14.8 Å². The standard InChI is InChI=1S/C25H36N2O5S/c1-6-27(33(31,32)20-10-8-7-9-16(20)2)24(3,4)22(28)26(5)21-18-11-17-12-19(21)15-25(13-17,14-18)23(29)30/h7-10,17-19,21H,6,11-15H2,1-5H3,(H,29,30)/p-1. The predicted molar refractivity (Wildman–Crippen MR) is 122 cm³/mol. The molecule has 1 amide bonds. The van der Waals surface area contributed by atoms with Crippen LogP contribution in [0.15, 0.2) is 29.2 Å². The van der Waals surface area contributed by atoms with Crippen molar-refractivity contribution in [3.8, 4) is 0 Å². The van der Waals surface area contributed by atoms with Crippen molar-refractivity contribution in [2.24, 2.45) is 23.2 Å². The summed E-state index contributed by atoms with van der Waals surface area (Å²) < 4.78 is 28.4. The van der Waals surface area contributed by atoms with Crippen LogP contribution in [0.1, 0.15) is 58.4 Å². The van der Waals surface area contributed by atoms with E-state index in [1.54, 1.807) is 63.9 Å². The van der Waals surface area contributed by atoms with Crippen molar-refractivity contribution in [1.82, 2.24) is 9.21 Å². The number of likely N-dealkylation sites (N-methyl/N-ethyl adjacent to an activating group) is 2. The lowest BCUT2D eigenvalue weighted by Crippen LogP contribution is -2.66. The molecule has 1 aromatic rings. The van der Waals surface area contributed by atoms with E-state index < -0.39 is 26.9 Å². The van der Waals surface area contributed by atoms with Crippen molar-refractivity contribution in [1.29, 1.82) is 0 Å². The van der Waals surface area contributed by atoms with Gasteiger partial charge in [0.2, 0.25) is 15.9 Å². The first-order valence-corrected chi connectivity index (χ1v) is 13.4. The summed E-state index contributed by atoms with van der Waals surface area (Å²) in [5.74, 6) is -0.594. The zero-order chi connectivity index (χ0) is 24.3. The quantitative estimate of drug-likeness (QED) is 0.602. The fourth-order valence-electron chi connectivity index (χ4n) is 7.38. The number of hydrogen-bond acceptors (Lipinski definition) is 5. The number of carboxylic acid groups (broad SMARTS) is 1. The highest BCUT2D eigenvalue weighted by Gasteiger charge is 2.58. The van der Waals surface area contributed by atoms with Gasteiger partial charge in [0.05, 0.1) is 4.90 Å². The smallest absolute Gasteiger partial charge is 0.244 e. The third kappa shape index (κ3) is 3.70. The third-order valence-electron chi connectivity index (χ3n) is 8.52. The van der Waals surface area contributed by atoms with Crippen molar-refractivity contribution in [2.75, 3.05) is 13.6 Å². The van der Waals surface area contributed by atoms with Gasteiger partial charge in [-0.1, -0.05) is 25.1 Å². The zero-order valence-corrected chi connectivity index (χ0v) is 21.0. The first-order chi connectivity index (χ1) is 15.3. The Morgan fingerprint density at radius 3 is 2.21 bits per heavy atom. The molecular weight excluding hydrogens is 440 g/mol. The Labute approximate surface area is 197 Å². The van der Waals surface area contributed by atoms with Crippen LogP contribution in [-0.4, -0.2) is 54.7 Å². The summed E-state index contributed by atoms with van der Waals surface area (Å²) in [5.41, 5.74) is -1.40. The SMILES string of the molecule is CCN(C(C)(C)C(=O)N(C)C1C2CC3CC1CC(C(=O)[O-])(C3)C2)S(=O)(=O)c1ccccc1C. The lowest BCUT2D eigenvalue weighted by atomic mass is 9.47. The predicted octanol–water partition coefficient (Wildman–Crippen LogP) is 2.19. The largest absolute Gasteiger partial charge is 0.550 e. The van der Waals surface area contributed by atoms with Crippen molar-refractivity contribution >= 4 is 21.9 Å². The summed E-state index contributed by atoms with van der Waals surface area (Å²) >= 11 is 0. The fraction of sp³-hybridized carbons (Fsp3) is 0.680. The molecule has 4 bridgehead atoms. The van der Waals surface area contributed by atoms with Gasteiger partial charge in [-0.25, -0.2) is 8.42 Å². The maximum Gasteiger partial charge on any atom is 0.244 e. The lowest BCUT2D eigenvalue weighted by molar-refractivity contribution is -0.328. The molecule has 4 saturated carbocycles. The Hall–Kier alpha value is -1.93. The normalized spacial score (nSPS) is 31.1. The highest BCUT2D eigenvalue weighted by Crippen LogP contribution is 2.61. The summed E-state index contributed by atoms with van der Waals surface area (Å²) in [5, 5.41) is 12.0. The molecule has 182 valence electrons. The first kappa shape index (κ1) is 24.2. The Balaban J connectivity index is 1.62. The van der Waals surface area contributed by atoms with Crippen LogP contribution in [0.4, 0.5) is 0 Å². The monoisotopic (exact) mass is 475 g/mol. The molecule has 0 radical (unpaired) electrons. The van der Waals surface area contributed by atoms with Gasteiger partial charge in [0, 0.05) is 31.0 Å². The second-order valence-electron chi connectivity index (χ2n) is 10.9. The maximum absolute atomic E-state index is 13.9. The van der Waals surface area contributed by atoms with Crippen LogP contribution in [0.25, 0.3) is 0 Å². The minimum Gasteiger partial charge on any atom is -0.550 e. The molecule has 0 spiro atoms. The molecule has 5 rings (SSSR count). The summed E-state index contributed by atoms with van der Waals surface area (Å²) in [6.45, 7) is 7.01. The Bertz CT molecular complexity index is 1050. The minimum atomic E-state index is -3.89. The lowest BCUT2D eigenvalue weighted by Gasteiger charge is -2.62. The number of carbonyl (C=O) groups excluding carboxylic acids is 2. The molecular formula is C25H35N2O5S-. The molecule has 0 heterocycles. The molecule has 7 nitrogen and oxygen atoms in total. The second-order valence-corrected chi connectivity index (χ2v) is 12.8. The van der Waals surface area contributed by atoms with E-state index in [2.05, 4.69) is 0 Å². The van der Waals surface area contributed by atoms with Crippen LogP contribution in [0.3, 0.4) is 0 Å². The molecule has 0 aromatic heterocycles. The number of benzene rings is 1. The highest BCUT2D eigenvalue weighted by atomic mass is 32.2. The number of sulfonamides is 1. The number of carbonyl (C=O) groups is 2. The summed E-state index contributed by atoms with van der Waals surface area (Å²) in [6.07, 6.45) is 3.63. The molecule has 4 aliphatic rings. The number of amides is 1. The third-order valence-corrected chi connectivity index (χ3v) is 10.8. The molecule has 0 saturated heterocycles. The average Bonchev–Trinajstić information content (AvgIpc) is 2.72. The van der Waals surface area contributed by atoms with E-state index in [0.29, 0.717) is 30.7 Å². The fourth-order valence-corrected chi connectivity index (χ4v) is 9.37. The van der Waals surface area contributed by atoms with Gasteiger partial charge in [0.15, 0.2) is 0 Å². The summed E-state index contributed by atoms with van der Waals surface area (Å²) in [4.78, 5) is 27.8. The van der Waals surface area contributed by atoms with Gasteiger partial charge in [-0.05, 0) is 82.3 Å². The van der Waals surface area contributed by atoms with E-state index >= 15 is 0 Å². The van der Waals surface area contributed by atoms with Crippen LogP contribution < -0.4 is 5.11 Å². The number of carboxylic acids is 1. The van der Waals surface area contributed by atoms with Gasteiger partial charge in [0.1, 0.15) is 5.54 Å². The number of nitrogens with zero attached hydrogens (tertiary/aromatic N) is 2. The molecule has 0 aliphatic heterocycles. The minimum absolute atomic E-state index is 0.0688. The molecule has 2 unspecified atom stereocenters. The molecule has 1 aromatic carbocycles. The van der Waals surface area contributed by atoms with Gasteiger partial charge in [-0.3, -0.25) is 4.79 Å². The van der Waals surface area contributed by atoms with Gasteiger partial charge >= 0.3 is 0 Å². The molecule has 4 aliphatic carbocycles. The van der Waals surface area contributed by atoms with E-state index in [1.807, 2.05) is 0 Å². The van der Waals surface area contributed by atoms with E-state index in [0.717, 1.165) is 12.8 Å². The van der Waals surface area contributed by atoms with Gasteiger partial charge in [0.25, 0.3) is 0 Å². The van der Waals surface area contributed by atoms with Crippen LogP contribution in [0, 0.1) is 30.1 Å². The van der Waals surface area contributed by atoms with E-state index in [-0.39, 0.29) is 35.2 Å². The Kier molecular flexibility index (Phi) is 5.93.